The average Bonchev–Trinajstić information content (AvgIpc) is 1.91. The Kier molecular flexibility index (Phi) is 146. The Balaban J connectivity index is -0.0000000325. The first-order valence-electron chi connectivity index (χ1n) is 2.83. The zero-order chi connectivity index (χ0) is 8.83. The van der Waals surface area contributed by atoms with Gasteiger partial charge in [0.1, 0.15) is 0 Å². The lowest BCUT2D eigenvalue weighted by Crippen LogP contribution is -1.28. The molecular weight excluding hydrogens is 132 g/mol. The quantitative estimate of drug-likeness (QED) is 0.466. The van der Waals surface area contributed by atoms with Crippen LogP contribution in [-0.4, -0.2) is 0 Å². The molecule has 0 aliphatic rings. The number of rotatable bonds is 0. The Morgan fingerprint density at radius 2 is 0.818 bits per heavy atom. The Labute approximate surface area is 72.4 Å². The molecule has 0 amide bonds. The summed E-state index contributed by atoms with van der Waals surface area (Å²) in [6, 6.07) is 0. The minimum atomic E-state index is 0. The van der Waals surface area contributed by atoms with Crippen molar-refractivity contribution in [2.75, 3.05) is 0 Å². The number of hydrogen-bond acceptors (Lipinski definition) is 0. The molecule has 0 spiro atoms. The maximum absolute atomic E-state index is 4.60. The van der Waals surface area contributed by atoms with Crippen LogP contribution in [0.15, 0.2) is 0 Å². The van der Waals surface area contributed by atoms with E-state index in [2.05, 4.69) is 36.5 Å². The Morgan fingerprint density at radius 3 is 0.818 bits per heavy atom. The lowest BCUT2D eigenvalue weighted by atomic mass is 10.7. The van der Waals surface area contributed by atoms with Gasteiger partial charge in [0.25, 0.3) is 0 Å². The molecule has 0 bridgehead atoms. The smallest absolute Gasteiger partial charge is 0.00271 e. The van der Waals surface area contributed by atoms with E-state index in [4.69, 9.17) is 0 Å². The molecule has 0 unspecified atom stereocenters. The van der Waals surface area contributed by atoms with Crippen LogP contribution in [0, 0.1) is 36.5 Å². The maximum Gasteiger partial charge on any atom is -0.00271 e. The third-order valence-electron chi connectivity index (χ3n) is 0.250. The summed E-state index contributed by atoms with van der Waals surface area (Å²) in [5.74, 6) is 9.86. The highest BCUT2D eigenvalue weighted by molar-refractivity contribution is 4.89. The molecule has 0 fully saturated rings. The fourth-order valence-electron chi connectivity index (χ4n) is 0. The van der Waals surface area contributed by atoms with Crippen molar-refractivity contribution in [2.24, 2.45) is 0 Å². The molecule has 0 aliphatic heterocycles. The van der Waals surface area contributed by atoms with Crippen LogP contribution in [-0.2, 0) is 0 Å². The molecule has 11 heavy (non-hydrogen) atoms. The van der Waals surface area contributed by atoms with Gasteiger partial charge in [-0.05, 0) is 27.7 Å². The molecule has 0 atom stereocenters. The topological polar surface area (TPSA) is 0 Å². The molecule has 0 heterocycles. The first-order valence-corrected chi connectivity index (χ1v) is 2.83. The molecule has 0 aliphatic carbocycles. The van der Waals surface area contributed by atoms with Crippen molar-refractivity contribution >= 4 is 0 Å². The molecule has 62 valence electrons. The minimum absolute atomic E-state index is 0. The normalized spacial score (nSPS) is 2.73. The van der Waals surface area contributed by atoms with Gasteiger partial charge in [0.05, 0.1) is 0 Å². The first kappa shape index (κ1) is 22.6. The van der Waals surface area contributed by atoms with Gasteiger partial charge in [0.15, 0.2) is 0 Å². The van der Waals surface area contributed by atoms with Crippen LogP contribution in [0.2, 0.25) is 0 Å². The molecule has 0 rings (SSSR count). The fraction of sp³-hybridized carbons (Fsp3) is 0.455. The molecule has 0 saturated heterocycles. The predicted molar refractivity (Wildman–Crippen MR) is 54.9 cm³/mol. The van der Waals surface area contributed by atoms with E-state index in [1.165, 1.54) is 0 Å². The van der Waals surface area contributed by atoms with Crippen LogP contribution in [0.3, 0.4) is 0 Å². The van der Waals surface area contributed by atoms with Gasteiger partial charge in [0.2, 0.25) is 0 Å². The van der Waals surface area contributed by atoms with Crippen LogP contribution < -0.4 is 0 Å². The number of hydrogen-bond donors (Lipinski definition) is 0. The average molecular weight is 150 g/mol. The highest BCUT2D eigenvalue weighted by Gasteiger charge is 1.26. The minimum Gasteiger partial charge on any atom is -0.120 e. The van der Waals surface area contributed by atoms with E-state index in [0.29, 0.717) is 0 Å². The summed E-state index contributed by atoms with van der Waals surface area (Å²) in [5.41, 5.74) is 0. The van der Waals surface area contributed by atoms with E-state index >= 15 is 0 Å². The van der Waals surface area contributed by atoms with Crippen molar-refractivity contribution in [1.82, 2.24) is 0 Å². The van der Waals surface area contributed by atoms with E-state index in [1.54, 1.807) is 13.8 Å². The van der Waals surface area contributed by atoms with Gasteiger partial charge >= 0.3 is 0 Å². The van der Waals surface area contributed by atoms with Gasteiger partial charge in [-0.3, -0.25) is 0 Å². The van der Waals surface area contributed by atoms with Crippen molar-refractivity contribution in [3.05, 3.63) is 0 Å². The highest BCUT2D eigenvalue weighted by Crippen LogP contribution is 1.39. The summed E-state index contributed by atoms with van der Waals surface area (Å²) in [6.45, 7) is 6.94. The van der Waals surface area contributed by atoms with Crippen LogP contribution in [0.5, 0.6) is 0 Å². The molecular formula is C11H18. The van der Waals surface area contributed by atoms with Crippen LogP contribution in [0.4, 0.5) is 0 Å². The summed E-state index contributed by atoms with van der Waals surface area (Å²) < 4.78 is 0. The van der Waals surface area contributed by atoms with Crippen molar-refractivity contribution in [2.45, 2.75) is 35.1 Å². The zero-order valence-electron chi connectivity index (χ0n) is 7.15. The lowest BCUT2D eigenvalue weighted by Gasteiger charge is -1.40. The summed E-state index contributed by atoms with van der Waals surface area (Å²) in [6.07, 6.45) is 9.19. The second kappa shape index (κ2) is 71.3. The zero-order valence-corrected chi connectivity index (χ0v) is 7.15. The third-order valence-corrected chi connectivity index (χ3v) is 0.250. The van der Waals surface area contributed by atoms with Crippen molar-refractivity contribution in [3.63, 3.8) is 0 Å². The predicted octanol–water partition coefficient (Wildman–Crippen LogP) is 2.94. The highest BCUT2D eigenvalue weighted by atomic mass is 13.3. The Bertz CT molecular complexity index is 133. The number of terminal acetylenes is 2. The summed E-state index contributed by atoms with van der Waals surface area (Å²) in [4.78, 5) is 0. The lowest BCUT2D eigenvalue weighted by molar-refractivity contribution is 1.83. The molecule has 0 radical (unpaired) electrons. The van der Waals surface area contributed by atoms with E-state index in [-0.39, 0.29) is 7.43 Å². The van der Waals surface area contributed by atoms with Crippen molar-refractivity contribution in [3.8, 4) is 36.5 Å². The summed E-state index contributed by atoms with van der Waals surface area (Å²) in [5, 5.41) is 0. The van der Waals surface area contributed by atoms with Gasteiger partial charge in [-0.15, -0.1) is 36.5 Å². The fourth-order valence-corrected chi connectivity index (χ4v) is 0. The van der Waals surface area contributed by atoms with Crippen LogP contribution in [0.25, 0.3) is 0 Å². The third kappa shape index (κ3) is 3780. The summed E-state index contributed by atoms with van der Waals surface area (Å²) >= 11 is 0. The van der Waals surface area contributed by atoms with Gasteiger partial charge in [-0.25, -0.2) is 0 Å². The molecule has 0 N–H and O–H groups in total. The van der Waals surface area contributed by atoms with Crippen molar-refractivity contribution in [1.29, 1.82) is 0 Å². The second-order valence-electron chi connectivity index (χ2n) is 1.08. The molecule has 0 aromatic carbocycles. The van der Waals surface area contributed by atoms with Crippen LogP contribution in [0.1, 0.15) is 35.1 Å². The molecule has 0 nitrogen and oxygen atoms in total. The molecule has 0 aromatic heterocycles. The Morgan fingerprint density at radius 1 is 0.727 bits per heavy atom. The van der Waals surface area contributed by atoms with Crippen LogP contribution >= 0.6 is 0 Å². The van der Waals surface area contributed by atoms with Gasteiger partial charge in [-0.2, -0.15) is 0 Å². The molecule has 0 saturated carbocycles. The monoisotopic (exact) mass is 150 g/mol. The largest absolute Gasteiger partial charge is 0.120 e. The van der Waals surface area contributed by atoms with E-state index in [0.717, 1.165) is 0 Å². The molecule has 0 aromatic rings. The summed E-state index contributed by atoms with van der Waals surface area (Å²) in [7, 11) is 0. The first-order chi connectivity index (χ1) is 4.74. The standard InChI is InChI=1S/C4H6.2C3H4.CH4/c1-3-4-2;2*1-3-2;/h1-2H3;2*1H,2H3;1H4. The van der Waals surface area contributed by atoms with E-state index < -0.39 is 0 Å². The second-order valence-corrected chi connectivity index (χ2v) is 1.08. The molecule has 0 heteroatoms. The van der Waals surface area contributed by atoms with Gasteiger partial charge in [0, 0.05) is 0 Å². The van der Waals surface area contributed by atoms with Gasteiger partial charge < -0.3 is 0 Å². The Hall–Kier alpha value is -1.32. The maximum atomic E-state index is 4.60. The van der Waals surface area contributed by atoms with E-state index in [1.807, 2.05) is 13.8 Å². The SMILES string of the molecule is C.C#CC.C#CC.CC#CC. The van der Waals surface area contributed by atoms with Crippen molar-refractivity contribution < 1.29 is 0 Å². The van der Waals surface area contributed by atoms with Gasteiger partial charge in [-0.1, -0.05) is 7.43 Å². The van der Waals surface area contributed by atoms with E-state index in [9.17, 15) is 0 Å².